The standard InChI is InChI=1S/C13H17FN2O/c1-4-9-15-12(17)16-13(2,3)10-7-5-6-8-11(10)14/h4-8H,1,9H2,2-3H3,(H2,15,16,17). The van der Waals surface area contributed by atoms with E-state index in [0.717, 1.165) is 0 Å². The highest BCUT2D eigenvalue weighted by molar-refractivity contribution is 5.75. The van der Waals surface area contributed by atoms with Gasteiger partial charge >= 0.3 is 6.03 Å². The van der Waals surface area contributed by atoms with Crippen molar-refractivity contribution in [3.8, 4) is 0 Å². The quantitative estimate of drug-likeness (QED) is 0.775. The summed E-state index contributed by atoms with van der Waals surface area (Å²) in [5, 5.41) is 5.30. The van der Waals surface area contributed by atoms with E-state index in [1.807, 2.05) is 0 Å². The first-order valence-corrected chi connectivity index (χ1v) is 5.39. The molecule has 17 heavy (non-hydrogen) atoms. The number of urea groups is 1. The summed E-state index contributed by atoms with van der Waals surface area (Å²) in [4.78, 5) is 11.5. The lowest BCUT2D eigenvalue weighted by molar-refractivity contribution is 0.230. The molecule has 0 fully saturated rings. The van der Waals surface area contributed by atoms with E-state index in [0.29, 0.717) is 12.1 Å². The zero-order valence-corrected chi connectivity index (χ0v) is 10.1. The molecule has 4 heteroatoms. The molecule has 0 spiro atoms. The molecule has 92 valence electrons. The molecule has 0 aliphatic rings. The highest BCUT2D eigenvalue weighted by Crippen LogP contribution is 2.22. The van der Waals surface area contributed by atoms with Crippen molar-refractivity contribution in [1.82, 2.24) is 10.6 Å². The molecule has 0 unspecified atom stereocenters. The number of hydrogen-bond donors (Lipinski definition) is 2. The molecule has 0 saturated heterocycles. The van der Waals surface area contributed by atoms with E-state index in [-0.39, 0.29) is 11.8 Å². The summed E-state index contributed by atoms with van der Waals surface area (Å²) in [6.45, 7) is 7.37. The predicted octanol–water partition coefficient (Wildman–Crippen LogP) is 2.55. The second-order valence-electron chi connectivity index (χ2n) is 4.23. The molecule has 0 atom stereocenters. The van der Waals surface area contributed by atoms with Crippen molar-refractivity contribution in [3.63, 3.8) is 0 Å². The van der Waals surface area contributed by atoms with E-state index < -0.39 is 5.54 Å². The van der Waals surface area contributed by atoms with Gasteiger partial charge in [0.05, 0.1) is 5.54 Å². The van der Waals surface area contributed by atoms with E-state index in [4.69, 9.17) is 0 Å². The van der Waals surface area contributed by atoms with Crippen molar-refractivity contribution in [2.45, 2.75) is 19.4 Å². The van der Waals surface area contributed by atoms with E-state index >= 15 is 0 Å². The Morgan fingerprint density at radius 1 is 1.47 bits per heavy atom. The third-order valence-electron chi connectivity index (χ3n) is 2.38. The molecule has 1 aromatic carbocycles. The smallest absolute Gasteiger partial charge is 0.315 e. The first-order valence-electron chi connectivity index (χ1n) is 5.39. The molecule has 0 heterocycles. The summed E-state index contributed by atoms with van der Waals surface area (Å²) in [5.74, 6) is -0.332. The van der Waals surface area contributed by atoms with E-state index in [2.05, 4.69) is 17.2 Å². The molecule has 1 aromatic rings. The second kappa shape index (κ2) is 5.48. The van der Waals surface area contributed by atoms with Crippen LogP contribution in [0.15, 0.2) is 36.9 Å². The Morgan fingerprint density at radius 2 is 2.12 bits per heavy atom. The number of hydrogen-bond acceptors (Lipinski definition) is 1. The van der Waals surface area contributed by atoms with Gasteiger partial charge in [0.2, 0.25) is 0 Å². The Kier molecular flexibility index (Phi) is 4.26. The minimum Gasteiger partial charge on any atom is -0.335 e. The number of rotatable bonds is 4. The summed E-state index contributed by atoms with van der Waals surface area (Å²) in [6.07, 6.45) is 1.58. The van der Waals surface area contributed by atoms with Gasteiger partial charge in [-0.05, 0) is 19.9 Å². The van der Waals surface area contributed by atoms with Gasteiger partial charge in [0.1, 0.15) is 5.82 Å². The van der Waals surface area contributed by atoms with Gasteiger partial charge in [0, 0.05) is 12.1 Å². The molecule has 2 N–H and O–H groups in total. The van der Waals surface area contributed by atoms with Crippen molar-refractivity contribution in [3.05, 3.63) is 48.3 Å². The Bertz CT molecular complexity index is 416. The molecule has 0 bridgehead atoms. The molecule has 0 aromatic heterocycles. The van der Waals surface area contributed by atoms with Crippen molar-refractivity contribution in [1.29, 1.82) is 0 Å². The lowest BCUT2D eigenvalue weighted by atomic mass is 9.94. The van der Waals surface area contributed by atoms with Crippen LogP contribution in [0.1, 0.15) is 19.4 Å². The van der Waals surface area contributed by atoms with Crippen LogP contribution in [0, 0.1) is 5.82 Å². The van der Waals surface area contributed by atoms with Gasteiger partial charge in [-0.2, -0.15) is 0 Å². The molecule has 0 radical (unpaired) electrons. The van der Waals surface area contributed by atoms with Crippen LogP contribution in [0.3, 0.4) is 0 Å². The summed E-state index contributed by atoms with van der Waals surface area (Å²) in [5.41, 5.74) is -0.315. The van der Waals surface area contributed by atoms with Crippen LogP contribution in [0.2, 0.25) is 0 Å². The van der Waals surface area contributed by atoms with Gasteiger partial charge in [0.25, 0.3) is 0 Å². The van der Waals surface area contributed by atoms with Crippen LogP contribution in [0.25, 0.3) is 0 Å². The van der Waals surface area contributed by atoms with Crippen molar-refractivity contribution >= 4 is 6.03 Å². The number of carbonyl (C=O) groups is 1. The minimum absolute atomic E-state index is 0.332. The van der Waals surface area contributed by atoms with Gasteiger partial charge in [-0.3, -0.25) is 0 Å². The van der Waals surface area contributed by atoms with E-state index in [1.54, 1.807) is 38.1 Å². The average molecular weight is 236 g/mol. The molecule has 0 aliphatic carbocycles. The highest BCUT2D eigenvalue weighted by Gasteiger charge is 2.25. The zero-order chi connectivity index (χ0) is 12.9. The third kappa shape index (κ3) is 3.59. The lowest BCUT2D eigenvalue weighted by Gasteiger charge is -2.27. The molecular weight excluding hydrogens is 219 g/mol. The number of amides is 2. The van der Waals surface area contributed by atoms with E-state index in [1.165, 1.54) is 6.07 Å². The van der Waals surface area contributed by atoms with Gasteiger partial charge in [-0.15, -0.1) is 6.58 Å². The second-order valence-corrected chi connectivity index (χ2v) is 4.23. The van der Waals surface area contributed by atoms with Crippen LogP contribution < -0.4 is 10.6 Å². The Morgan fingerprint density at radius 3 is 2.71 bits per heavy atom. The van der Waals surface area contributed by atoms with Crippen molar-refractivity contribution in [2.75, 3.05) is 6.54 Å². The first-order chi connectivity index (χ1) is 7.97. The lowest BCUT2D eigenvalue weighted by Crippen LogP contribution is -2.46. The number of nitrogens with one attached hydrogen (secondary N) is 2. The van der Waals surface area contributed by atoms with Crippen molar-refractivity contribution in [2.24, 2.45) is 0 Å². The topological polar surface area (TPSA) is 41.1 Å². The fourth-order valence-electron chi connectivity index (χ4n) is 1.53. The maximum Gasteiger partial charge on any atom is 0.315 e. The average Bonchev–Trinajstić information content (AvgIpc) is 2.26. The summed E-state index contributed by atoms with van der Waals surface area (Å²) >= 11 is 0. The normalized spacial score (nSPS) is 10.8. The monoisotopic (exact) mass is 236 g/mol. The Balaban J connectivity index is 2.78. The first kappa shape index (κ1) is 13.2. The maximum absolute atomic E-state index is 13.6. The minimum atomic E-state index is -0.767. The molecule has 1 rings (SSSR count). The van der Waals surface area contributed by atoms with Crippen LogP contribution in [-0.2, 0) is 5.54 Å². The van der Waals surface area contributed by atoms with Crippen LogP contribution in [0.5, 0.6) is 0 Å². The highest BCUT2D eigenvalue weighted by atomic mass is 19.1. The van der Waals surface area contributed by atoms with Crippen LogP contribution in [-0.4, -0.2) is 12.6 Å². The van der Waals surface area contributed by atoms with Gasteiger partial charge in [0.15, 0.2) is 0 Å². The number of carbonyl (C=O) groups excluding carboxylic acids is 1. The zero-order valence-electron chi connectivity index (χ0n) is 10.1. The Hall–Kier alpha value is -1.84. The number of benzene rings is 1. The van der Waals surface area contributed by atoms with Crippen molar-refractivity contribution < 1.29 is 9.18 Å². The van der Waals surface area contributed by atoms with E-state index in [9.17, 15) is 9.18 Å². The van der Waals surface area contributed by atoms with Crippen LogP contribution in [0.4, 0.5) is 9.18 Å². The largest absolute Gasteiger partial charge is 0.335 e. The molecule has 0 aliphatic heterocycles. The maximum atomic E-state index is 13.6. The molecule has 2 amide bonds. The molecule has 3 nitrogen and oxygen atoms in total. The molecule has 0 saturated carbocycles. The van der Waals surface area contributed by atoms with Gasteiger partial charge in [-0.1, -0.05) is 24.3 Å². The summed E-state index contributed by atoms with van der Waals surface area (Å²) in [7, 11) is 0. The summed E-state index contributed by atoms with van der Waals surface area (Å²) < 4.78 is 13.6. The predicted molar refractivity (Wildman–Crippen MR) is 66.2 cm³/mol. The number of halogens is 1. The van der Waals surface area contributed by atoms with Crippen LogP contribution >= 0.6 is 0 Å². The van der Waals surface area contributed by atoms with Gasteiger partial charge in [-0.25, -0.2) is 9.18 Å². The Labute approximate surface area is 101 Å². The molecular formula is C13H17FN2O. The fourth-order valence-corrected chi connectivity index (χ4v) is 1.53. The fraction of sp³-hybridized carbons (Fsp3) is 0.308. The SMILES string of the molecule is C=CCNC(=O)NC(C)(C)c1ccccc1F. The third-order valence-corrected chi connectivity index (χ3v) is 2.38. The summed E-state index contributed by atoms with van der Waals surface area (Å²) in [6, 6.07) is 6.04. The van der Waals surface area contributed by atoms with Gasteiger partial charge < -0.3 is 10.6 Å².